The van der Waals surface area contributed by atoms with E-state index in [1.165, 1.54) is 5.56 Å². The molecule has 2 amide bonds. The van der Waals surface area contributed by atoms with Crippen molar-refractivity contribution in [1.82, 2.24) is 9.80 Å². The Hall–Kier alpha value is -1.84. The van der Waals surface area contributed by atoms with Gasteiger partial charge in [-0.25, -0.2) is 0 Å². The molecule has 0 N–H and O–H groups in total. The number of amides is 2. The average molecular weight is 330 g/mol. The fourth-order valence-corrected chi connectivity index (χ4v) is 3.33. The molecule has 4 heteroatoms. The summed E-state index contributed by atoms with van der Waals surface area (Å²) in [5.74, 6) is 0.617. The largest absolute Gasteiger partial charge is 0.332 e. The lowest BCUT2D eigenvalue weighted by Gasteiger charge is -2.40. The van der Waals surface area contributed by atoms with Gasteiger partial charge in [0.1, 0.15) is 6.04 Å². The van der Waals surface area contributed by atoms with Crippen molar-refractivity contribution in [3.05, 3.63) is 35.9 Å². The van der Waals surface area contributed by atoms with Gasteiger partial charge in [0.05, 0.1) is 6.54 Å². The fraction of sp³-hybridized carbons (Fsp3) is 0.600. The molecule has 1 atom stereocenters. The van der Waals surface area contributed by atoms with Gasteiger partial charge in [0, 0.05) is 13.1 Å². The molecule has 0 radical (unpaired) electrons. The van der Waals surface area contributed by atoms with Gasteiger partial charge in [-0.15, -0.1) is 0 Å². The maximum Gasteiger partial charge on any atom is 0.245 e. The predicted octanol–water partition coefficient (Wildman–Crippen LogP) is 3.11. The first kappa shape index (κ1) is 18.5. The first-order valence-electron chi connectivity index (χ1n) is 9.15. The van der Waals surface area contributed by atoms with Crippen molar-refractivity contribution in [3.63, 3.8) is 0 Å². The highest BCUT2D eigenvalue weighted by molar-refractivity contribution is 5.94. The Morgan fingerprint density at radius 3 is 2.46 bits per heavy atom. The van der Waals surface area contributed by atoms with Crippen LogP contribution in [0, 0.1) is 5.92 Å². The van der Waals surface area contributed by atoms with Gasteiger partial charge in [-0.3, -0.25) is 9.59 Å². The van der Waals surface area contributed by atoms with Crippen molar-refractivity contribution in [2.75, 3.05) is 19.6 Å². The molecule has 24 heavy (non-hydrogen) atoms. The van der Waals surface area contributed by atoms with E-state index in [4.69, 9.17) is 0 Å². The molecule has 1 aliphatic heterocycles. The standard InChI is InChI=1S/C20H30N2O2/c1-4-21-15-19(23)22(18(20(21)24)14-16(2)3)13-9-8-12-17-10-6-5-7-11-17/h5-7,10-11,16,18H,4,8-9,12-15H2,1-3H3/t18-/m0/s1. The fourth-order valence-electron chi connectivity index (χ4n) is 3.33. The Labute approximate surface area is 145 Å². The molecule has 1 saturated heterocycles. The highest BCUT2D eigenvalue weighted by Gasteiger charge is 2.38. The van der Waals surface area contributed by atoms with Crippen LogP contribution in [0.4, 0.5) is 0 Å². The lowest BCUT2D eigenvalue weighted by molar-refractivity contribution is -0.156. The van der Waals surface area contributed by atoms with Crippen LogP contribution in [-0.4, -0.2) is 47.3 Å². The Morgan fingerprint density at radius 1 is 1.12 bits per heavy atom. The van der Waals surface area contributed by atoms with Crippen molar-refractivity contribution < 1.29 is 9.59 Å². The molecular weight excluding hydrogens is 300 g/mol. The topological polar surface area (TPSA) is 40.6 Å². The number of carbonyl (C=O) groups excluding carboxylic acids is 2. The monoisotopic (exact) mass is 330 g/mol. The normalized spacial score (nSPS) is 18.6. The van der Waals surface area contributed by atoms with Crippen LogP contribution in [0.2, 0.25) is 0 Å². The molecule has 132 valence electrons. The Kier molecular flexibility index (Phi) is 6.83. The second-order valence-corrected chi connectivity index (χ2v) is 7.03. The lowest BCUT2D eigenvalue weighted by atomic mass is 9.98. The van der Waals surface area contributed by atoms with E-state index < -0.39 is 0 Å². The summed E-state index contributed by atoms with van der Waals surface area (Å²) in [6, 6.07) is 10.1. The molecule has 0 aliphatic carbocycles. The summed E-state index contributed by atoms with van der Waals surface area (Å²) in [7, 11) is 0. The third-order valence-electron chi connectivity index (χ3n) is 4.65. The van der Waals surface area contributed by atoms with E-state index >= 15 is 0 Å². The van der Waals surface area contributed by atoms with Gasteiger partial charge in [0.15, 0.2) is 0 Å². The molecular formula is C20H30N2O2. The van der Waals surface area contributed by atoms with E-state index in [1.54, 1.807) is 4.90 Å². The maximum absolute atomic E-state index is 12.6. The number of hydrogen-bond donors (Lipinski definition) is 0. The molecule has 0 unspecified atom stereocenters. The highest BCUT2D eigenvalue weighted by Crippen LogP contribution is 2.20. The number of likely N-dealkylation sites (N-methyl/N-ethyl adjacent to an activating group) is 1. The van der Waals surface area contributed by atoms with E-state index in [-0.39, 0.29) is 24.4 Å². The van der Waals surface area contributed by atoms with Crippen molar-refractivity contribution in [2.24, 2.45) is 5.92 Å². The quantitative estimate of drug-likeness (QED) is 0.687. The summed E-state index contributed by atoms with van der Waals surface area (Å²) in [6.45, 7) is 7.69. The number of benzene rings is 1. The number of rotatable bonds is 8. The minimum absolute atomic E-state index is 0.0989. The first-order valence-corrected chi connectivity index (χ1v) is 9.15. The number of unbranched alkanes of at least 4 members (excludes halogenated alkanes) is 1. The Bertz CT molecular complexity index is 542. The van der Waals surface area contributed by atoms with Crippen LogP contribution in [0.3, 0.4) is 0 Å². The Balaban J connectivity index is 1.92. The summed E-state index contributed by atoms with van der Waals surface area (Å²) in [5.41, 5.74) is 1.33. The van der Waals surface area contributed by atoms with Crippen LogP contribution >= 0.6 is 0 Å². The zero-order valence-electron chi connectivity index (χ0n) is 15.2. The van der Waals surface area contributed by atoms with Crippen molar-refractivity contribution >= 4 is 11.8 Å². The molecule has 0 bridgehead atoms. The Morgan fingerprint density at radius 2 is 1.83 bits per heavy atom. The summed E-state index contributed by atoms with van der Waals surface area (Å²) in [4.78, 5) is 28.7. The van der Waals surface area contributed by atoms with Crippen LogP contribution in [0.5, 0.6) is 0 Å². The smallest absolute Gasteiger partial charge is 0.245 e. The minimum atomic E-state index is -0.275. The summed E-state index contributed by atoms with van der Waals surface area (Å²) in [6.07, 6.45) is 3.75. The zero-order valence-corrected chi connectivity index (χ0v) is 15.2. The number of carbonyl (C=O) groups is 2. The maximum atomic E-state index is 12.6. The molecule has 4 nitrogen and oxygen atoms in total. The van der Waals surface area contributed by atoms with Gasteiger partial charge in [-0.1, -0.05) is 44.2 Å². The molecule has 0 spiro atoms. The summed E-state index contributed by atoms with van der Waals surface area (Å²) < 4.78 is 0. The van der Waals surface area contributed by atoms with Crippen LogP contribution < -0.4 is 0 Å². The third-order valence-corrected chi connectivity index (χ3v) is 4.65. The van der Waals surface area contributed by atoms with Crippen LogP contribution in [0.1, 0.15) is 45.6 Å². The average Bonchev–Trinajstić information content (AvgIpc) is 2.57. The van der Waals surface area contributed by atoms with E-state index in [0.717, 1.165) is 25.7 Å². The minimum Gasteiger partial charge on any atom is -0.332 e. The van der Waals surface area contributed by atoms with Gasteiger partial charge < -0.3 is 9.80 Å². The van der Waals surface area contributed by atoms with Crippen LogP contribution in [-0.2, 0) is 16.0 Å². The molecule has 0 aromatic heterocycles. The van der Waals surface area contributed by atoms with E-state index in [2.05, 4.69) is 38.1 Å². The molecule has 1 aliphatic rings. The molecule has 1 fully saturated rings. The van der Waals surface area contributed by atoms with Crippen LogP contribution in [0.25, 0.3) is 0 Å². The van der Waals surface area contributed by atoms with E-state index in [9.17, 15) is 9.59 Å². The number of hydrogen-bond acceptors (Lipinski definition) is 2. The van der Waals surface area contributed by atoms with Gasteiger partial charge >= 0.3 is 0 Å². The van der Waals surface area contributed by atoms with Crippen molar-refractivity contribution in [3.8, 4) is 0 Å². The van der Waals surface area contributed by atoms with Crippen LogP contribution in [0.15, 0.2) is 30.3 Å². The predicted molar refractivity (Wildman–Crippen MR) is 96.6 cm³/mol. The van der Waals surface area contributed by atoms with E-state index in [1.807, 2.05) is 17.9 Å². The molecule has 1 heterocycles. The van der Waals surface area contributed by atoms with Crippen molar-refractivity contribution in [1.29, 1.82) is 0 Å². The van der Waals surface area contributed by atoms with E-state index in [0.29, 0.717) is 19.0 Å². The summed E-state index contributed by atoms with van der Waals surface area (Å²) in [5, 5.41) is 0. The number of aryl methyl sites for hydroxylation is 1. The van der Waals surface area contributed by atoms with Crippen molar-refractivity contribution in [2.45, 2.75) is 52.5 Å². The van der Waals surface area contributed by atoms with Gasteiger partial charge in [0.25, 0.3) is 0 Å². The second-order valence-electron chi connectivity index (χ2n) is 7.03. The zero-order chi connectivity index (χ0) is 17.5. The van der Waals surface area contributed by atoms with Gasteiger partial charge in [0.2, 0.25) is 11.8 Å². The lowest BCUT2D eigenvalue weighted by Crippen LogP contribution is -2.60. The number of nitrogens with zero attached hydrogens (tertiary/aromatic N) is 2. The molecule has 1 aromatic rings. The molecule has 1 aromatic carbocycles. The molecule has 0 saturated carbocycles. The van der Waals surface area contributed by atoms with Gasteiger partial charge in [-0.2, -0.15) is 0 Å². The van der Waals surface area contributed by atoms with Gasteiger partial charge in [-0.05, 0) is 44.1 Å². The first-order chi connectivity index (χ1) is 11.5. The number of piperazine rings is 1. The third kappa shape index (κ3) is 4.83. The molecule has 2 rings (SSSR count). The highest BCUT2D eigenvalue weighted by atomic mass is 16.2. The SMILES string of the molecule is CCN1CC(=O)N(CCCCc2ccccc2)[C@@H](CC(C)C)C1=O. The summed E-state index contributed by atoms with van der Waals surface area (Å²) >= 11 is 0. The second kappa shape index (κ2) is 8.86.